The molecule has 2 aromatic carbocycles. The maximum Gasteiger partial charge on any atom is 0.283 e. The Morgan fingerprint density at radius 2 is 1.79 bits per heavy atom. The summed E-state index contributed by atoms with van der Waals surface area (Å²) in [5.74, 6) is -4.70. The summed E-state index contributed by atoms with van der Waals surface area (Å²) in [4.78, 5) is 6.83. The fourth-order valence-corrected chi connectivity index (χ4v) is 6.52. The molecule has 2 aliphatic heterocycles. The number of alkyl halides is 3. The average Bonchev–Trinajstić information content (AvgIpc) is 3.21. The van der Waals surface area contributed by atoms with Crippen LogP contribution >= 0.6 is 0 Å². The summed E-state index contributed by atoms with van der Waals surface area (Å²) in [6, 6.07) is 8.37. The van der Waals surface area contributed by atoms with E-state index in [1.165, 1.54) is 17.0 Å². The number of likely N-dealkylation sites (tertiary alicyclic amines) is 1. The van der Waals surface area contributed by atoms with Crippen LogP contribution in [0.15, 0.2) is 36.4 Å². The van der Waals surface area contributed by atoms with Gasteiger partial charge in [0.25, 0.3) is 5.92 Å². The molecule has 1 saturated carbocycles. The van der Waals surface area contributed by atoms with E-state index >= 15 is 8.78 Å². The van der Waals surface area contributed by atoms with Gasteiger partial charge in [0.05, 0.1) is 18.6 Å². The smallest absolute Gasteiger partial charge is 0.283 e. The maximum absolute atomic E-state index is 15.8. The molecule has 0 bridgehead atoms. The minimum atomic E-state index is -3.44. The van der Waals surface area contributed by atoms with Crippen LogP contribution in [-0.4, -0.2) is 76.9 Å². The van der Waals surface area contributed by atoms with Gasteiger partial charge in [0, 0.05) is 53.5 Å². The van der Waals surface area contributed by atoms with E-state index in [2.05, 4.69) is 15.2 Å². The van der Waals surface area contributed by atoms with Gasteiger partial charge in [0.15, 0.2) is 0 Å². The minimum Gasteiger partial charge on any atom is -0.390 e. The molecule has 210 valence electrons. The normalized spacial score (nSPS) is 26.3. The van der Waals surface area contributed by atoms with Crippen LogP contribution in [0.2, 0.25) is 0 Å². The molecule has 10 heteroatoms. The van der Waals surface area contributed by atoms with Gasteiger partial charge in [-0.05, 0) is 55.9 Å². The molecule has 0 amide bonds. The van der Waals surface area contributed by atoms with Crippen LogP contribution in [0.25, 0.3) is 10.9 Å². The van der Waals surface area contributed by atoms with Gasteiger partial charge >= 0.3 is 0 Å². The van der Waals surface area contributed by atoms with Gasteiger partial charge in [-0.3, -0.25) is 9.80 Å². The Hall–Kier alpha value is -2.69. The lowest BCUT2D eigenvalue weighted by molar-refractivity contribution is -0.0869. The number of aromatic nitrogens is 1. The number of nitrogens with one attached hydrogen (secondary N) is 2. The number of anilines is 1. The molecule has 3 aromatic rings. The molecular formula is C29H33F5N4O. The van der Waals surface area contributed by atoms with E-state index < -0.39 is 49.0 Å². The Kier molecular flexibility index (Phi) is 6.84. The SMILES string of the molecule is C[C@@H]1Cc2c([nH]c3ccccc23)[C@@H](c2c(F)cc(NC3CN(CC4CC(F)C4)C3)cc2F)N1CC(F)(F)CO. The van der Waals surface area contributed by atoms with Gasteiger partial charge < -0.3 is 15.4 Å². The Morgan fingerprint density at radius 3 is 2.46 bits per heavy atom. The lowest BCUT2D eigenvalue weighted by Crippen LogP contribution is -2.56. The summed E-state index contributed by atoms with van der Waals surface area (Å²) in [5, 5.41) is 13.3. The van der Waals surface area contributed by atoms with Crippen molar-refractivity contribution in [2.75, 3.05) is 38.1 Å². The Morgan fingerprint density at radius 1 is 1.10 bits per heavy atom. The van der Waals surface area contributed by atoms with E-state index in [9.17, 15) is 18.3 Å². The zero-order valence-corrected chi connectivity index (χ0v) is 21.7. The maximum atomic E-state index is 15.8. The Balaban J connectivity index is 1.29. The van der Waals surface area contributed by atoms with Crippen molar-refractivity contribution in [3.63, 3.8) is 0 Å². The third-order valence-electron chi connectivity index (χ3n) is 8.54. The fourth-order valence-electron chi connectivity index (χ4n) is 6.52. The monoisotopic (exact) mass is 548 g/mol. The molecule has 5 nitrogen and oxygen atoms in total. The first kappa shape index (κ1) is 26.5. The molecule has 2 atom stereocenters. The van der Waals surface area contributed by atoms with Crippen LogP contribution < -0.4 is 5.32 Å². The summed E-state index contributed by atoms with van der Waals surface area (Å²) in [7, 11) is 0. The first-order valence-corrected chi connectivity index (χ1v) is 13.6. The molecule has 39 heavy (non-hydrogen) atoms. The number of aliphatic hydroxyl groups excluding tert-OH is 1. The van der Waals surface area contributed by atoms with E-state index in [1.54, 1.807) is 6.92 Å². The molecule has 0 spiro atoms. The highest BCUT2D eigenvalue weighted by Crippen LogP contribution is 2.44. The van der Waals surface area contributed by atoms with E-state index in [4.69, 9.17) is 0 Å². The van der Waals surface area contributed by atoms with Crippen molar-refractivity contribution >= 4 is 16.6 Å². The second-order valence-electron chi connectivity index (χ2n) is 11.6. The van der Waals surface area contributed by atoms with Crippen molar-refractivity contribution in [1.29, 1.82) is 0 Å². The predicted molar refractivity (Wildman–Crippen MR) is 140 cm³/mol. The molecule has 3 heterocycles. The largest absolute Gasteiger partial charge is 0.390 e. The van der Waals surface area contributed by atoms with E-state index in [1.807, 2.05) is 24.3 Å². The zero-order chi connectivity index (χ0) is 27.5. The lowest BCUT2D eigenvalue weighted by atomic mass is 9.82. The number of aliphatic hydroxyl groups is 1. The first-order chi connectivity index (χ1) is 18.6. The molecule has 6 rings (SSSR count). The number of hydrogen-bond acceptors (Lipinski definition) is 4. The summed E-state index contributed by atoms with van der Waals surface area (Å²) in [6.45, 7) is 1.81. The van der Waals surface area contributed by atoms with Crippen molar-refractivity contribution in [3.8, 4) is 0 Å². The molecule has 3 aliphatic rings. The number of H-pyrrole nitrogens is 1. The van der Waals surface area contributed by atoms with Crippen LogP contribution in [0, 0.1) is 17.6 Å². The molecule has 1 aromatic heterocycles. The van der Waals surface area contributed by atoms with E-state index in [0.717, 1.165) is 23.0 Å². The van der Waals surface area contributed by atoms with Crippen LogP contribution in [0.5, 0.6) is 0 Å². The third-order valence-corrected chi connectivity index (χ3v) is 8.54. The topological polar surface area (TPSA) is 54.5 Å². The molecule has 2 fully saturated rings. The number of fused-ring (bicyclic) bond motifs is 3. The van der Waals surface area contributed by atoms with Crippen molar-refractivity contribution in [2.24, 2.45) is 5.92 Å². The average molecular weight is 549 g/mol. The summed E-state index contributed by atoms with van der Waals surface area (Å²) < 4.78 is 73.5. The number of aromatic amines is 1. The van der Waals surface area contributed by atoms with Gasteiger partial charge in [-0.25, -0.2) is 22.0 Å². The van der Waals surface area contributed by atoms with Gasteiger partial charge in [-0.2, -0.15) is 0 Å². The van der Waals surface area contributed by atoms with Gasteiger partial charge in [-0.15, -0.1) is 0 Å². The molecular weight excluding hydrogens is 515 g/mol. The summed E-state index contributed by atoms with van der Waals surface area (Å²) in [6.07, 6.45) is 0.940. The van der Waals surface area contributed by atoms with Crippen molar-refractivity contribution in [2.45, 2.75) is 56.4 Å². The number of nitrogens with zero attached hydrogens (tertiary/aromatic N) is 2. The fraction of sp³-hybridized carbons (Fsp3) is 0.517. The number of para-hydroxylation sites is 1. The van der Waals surface area contributed by atoms with Gasteiger partial charge in [0.2, 0.25) is 0 Å². The Labute approximate surface area is 224 Å². The quantitative estimate of drug-likeness (QED) is 0.337. The lowest BCUT2D eigenvalue weighted by Gasteiger charge is -2.44. The third kappa shape index (κ3) is 5.02. The molecule has 0 radical (unpaired) electrons. The van der Waals surface area contributed by atoms with Crippen LogP contribution in [-0.2, 0) is 6.42 Å². The number of hydrogen-bond donors (Lipinski definition) is 3. The highest BCUT2D eigenvalue weighted by Gasteiger charge is 2.43. The Bertz CT molecular complexity index is 1330. The van der Waals surface area contributed by atoms with Crippen molar-refractivity contribution in [1.82, 2.24) is 14.8 Å². The number of rotatable bonds is 8. The first-order valence-electron chi connectivity index (χ1n) is 13.6. The summed E-state index contributed by atoms with van der Waals surface area (Å²) in [5.41, 5.74) is 2.11. The van der Waals surface area contributed by atoms with Crippen molar-refractivity contribution < 1.29 is 27.1 Å². The standard InChI is InChI=1S/C29H33F5N4O/c1-16-6-22-21-4-2-3-5-25(21)36-27(22)28(38(16)14-29(33,34)15-39)26-23(31)9-19(10-24(26)32)35-20-12-37(13-20)11-17-7-18(30)8-17/h2-5,9-10,16-18,20,28,35-36,39H,6-8,11-15H2,1H3/t16-,17?,18?,28-/m1/s1. The van der Waals surface area contributed by atoms with E-state index in [0.29, 0.717) is 49.7 Å². The van der Waals surface area contributed by atoms with E-state index in [-0.39, 0.29) is 11.6 Å². The van der Waals surface area contributed by atoms with Crippen LogP contribution in [0.3, 0.4) is 0 Å². The van der Waals surface area contributed by atoms with Gasteiger partial charge in [-0.1, -0.05) is 18.2 Å². The molecule has 3 N–H and O–H groups in total. The van der Waals surface area contributed by atoms with Crippen LogP contribution in [0.4, 0.5) is 27.6 Å². The second kappa shape index (κ2) is 10.1. The van der Waals surface area contributed by atoms with Crippen molar-refractivity contribution in [3.05, 3.63) is 64.9 Å². The summed E-state index contributed by atoms with van der Waals surface area (Å²) >= 11 is 0. The predicted octanol–water partition coefficient (Wildman–Crippen LogP) is 5.25. The van der Waals surface area contributed by atoms with Crippen LogP contribution in [0.1, 0.15) is 42.6 Å². The highest BCUT2D eigenvalue weighted by atomic mass is 19.3. The highest BCUT2D eigenvalue weighted by molar-refractivity contribution is 5.85. The molecule has 1 aliphatic carbocycles. The molecule has 0 unspecified atom stereocenters. The van der Waals surface area contributed by atoms with Gasteiger partial charge in [0.1, 0.15) is 24.4 Å². The molecule has 1 saturated heterocycles. The number of benzene rings is 2. The zero-order valence-electron chi connectivity index (χ0n) is 21.7. The number of halogens is 5. The second-order valence-corrected chi connectivity index (χ2v) is 11.6. The minimum absolute atomic E-state index is 0.0191.